The molecule has 2 N–H and O–H groups in total. The second-order valence-electron chi connectivity index (χ2n) is 8.33. The zero-order valence-electron chi connectivity index (χ0n) is 18.6. The molecule has 1 aromatic heterocycles. The van der Waals surface area contributed by atoms with Crippen LogP contribution < -0.4 is 15.5 Å². The van der Waals surface area contributed by atoms with Gasteiger partial charge in [-0.15, -0.1) is 4.40 Å². The lowest BCUT2D eigenvalue weighted by molar-refractivity contribution is 0.0951. The summed E-state index contributed by atoms with van der Waals surface area (Å²) < 4.78 is 28.3. The minimum absolute atomic E-state index is 0.188. The molecule has 0 aliphatic carbocycles. The van der Waals surface area contributed by atoms with E-state index in [-0.39, 0.29) is 16.6 Å². The van der Waals surface area contributed by atoms with Crippen molar-refractivity contribution in [3.8, 4) is 0 Å². The van der Waals surface area contributed by atoms with Crippen molar-refractivity contribution in [2.24, 2.45) is 4.40 Å². The lowest BCUT2D eigenvalue weighted by atomic mass is 10.1. The van der Waals surface area contributed by atoms with Gasteiger partial charge >= 0.3 is 0 Å². The Hall–Kier alpha value is -3.72. The number of aromatic nitrogens is 1. The van der Waals surface area contributed by atoms with Gasteiger partial charge in [0, 0.05) is 48.2 Å². The molecular formula is C25H25N5O3S. The topological polar surface area (TPSA) is 104 Å². The fraction of sp³-hybridized carbons (Fsp3) is 0.240. The lowest BCUT2D eigenvalue weighted by Gasteiger charge is -2.29. The summed E-state index contributed by atoms with van der Waals surface area (Å²) in [5, 5.41) is 6.03. The quantitative estimate of drug-likeness (QED) is 0.585. The number of fused-ring (bicyclic) bond motifs is 1. The van der Waals surface area contributed by atoms with Crippen molar-refractivity contribution in [1.82, 2.24) is 10.3 Å². The minimum atomic E-state index is -3.69. The summed E-state index contributed by atoms with van der Waals surface area (Å²) in [6, 6.07) is 17.4. The largest absolute Gasteiger partial charge is 0.356 e. The van der Waals surface area contributed by atoms with Gasteiger partial charge in [0.1, 0.15) is 10.7 Å². The summed E-state index contributed by atoms with van der Waals surface area (Å²) in [6.07, 6.45) is 5.36. The van der Waals surface area contributed by atoms with Crippen LogP contribution >= 0.6 is 0 Å². The molecule has 0 radical (unpaired) electrons. The van der Waals surface area contributed by atoms with Crippen molar-refractivity contribution in [1.29, 1.82) is 0 Å². The van der Waals surface area contributed by atoms with Crippen molar-refractivity contribution in [2.45, 2.75) is 30.7 Å². The molecular weight excluding hydrogens is 450 g/mol. The van der Waals surface area contributed by atoms with Crippen LogP contribution in [0, 0.1) is 0 Å². The van der Waals surface area contributed by atoms with Gasteiger partial charge in [0.25, 0.3) is 15.9 Å². The highest BCUT2D eigenvalue weighted by Crippen LogP contribution is 2.27. The van der Waals surface area contributed by atoms with E-state index in [0.29, 0.717) is 23.4 Å². The molecule has 3 aromatic rings. The van der Waals surface area contributed by atoms with Gasteiger partial charge in [-0.1, -0.05) is 18.2 Å². The van der Waals surface area contributed by atoms with Crippen molar-refractivity contribution >= 4 is 33.3 Å². The third-order valence-electron chi connectivity index (χ3n) is 6.00. The summed E-state index contributed by atoms with van der Waals surface area (Å²) in [5.41, 5.74) is 2.68. The minimum Gasteiger partial charge on any atom is -0.356 e. The molecule has 0 unspecified atom stereocenters. The number of rotatable bonds is 5. The van der Waals surface area contributed by atoms with Crippen LogP contribution in [-0.2, 0) is 16.6 Å². The number of anilines is 2. The normalized spacial score (nSPS) is 16.5. The standard InChI is InChI=1S/C25H25N5O3S/c31-25(27-17-19-7-6-14-26-24(19)30-15-4-1-5-16-30)18-10-12-20(13-11-18)28-23-21-8-2-3-9-22(21)34(32,33)29-23/h2-3,6-14H,1,4-5,15-17H2,(H,27,31)(H,28,29). The summed E-state index contributed by atoms with van der Waals surface area (Å²) >= 11 is 0. The van der Waals surface area contributed by atoms with E-state index in [1.165, 1.54) is 12.5 Å². The average Bonchev–Trinajstić information content (AvgIpc) is 3.13. The first-order valence-corrected chi connectivity index (χ1v) is 12.7. The predicted molar refractivity (Wildman–Crippen MR) is 132 cm³/mol. The number of hydrogen-bond donors (Lipinski definition) is 2. The Kier molecular flexibility index (Phi) is 6.02. The van der Waals surface area contributed by atoms with E-state index >= 15 is 0 Å². The van der Waals surface area contributed by atoms with E-state index in [0.717, 1.165) is 37.3 Å². The number of pyridine rings is 1. The van der Waals surface area contributed by atoms with Gasteiger partial charge in [0.15, 0.2) is 5.84 Å². The van der Waals surface area contributed by atoms with Crippen molar-refractivity contribution in [3.63, 3.8) is 0 Å². The zero-order valence-corrected chi connectivity index (χ0v) is 19.4. The molecule has 0 saturated carbocycles. The molecule has 0 bridgehead atoms. The zero-order chi connectivity index (χ0) is 23.5. The maximum absolute atomic E-state index is 12.7. The molecule has 0 spiro atoms. The first-order valence-electron chi connectivity index (χ1n) is 11.3. The van der Waals surface area contributed by atoms with Crippen molar-refractivity contribution in [2.75, 3.05) is 23.3 Å². The van der Waals surface area contributed by atoms with Gasteiger partial charge in [0.2, 0.25) is 0 Å². The molecule has 34 heavy (non-hydrogen) atoms. The Morgan fingerprint density at radius 3 is 2.50 bits per heavy atom. The number of piperidine rings is 1. The van der Waals surface area contributed by atoms with Crippen LogP contribution in [0.15, 0.2) is 76.2 Å². The third-order valence-corrected chi connectivity index (χ3v) is 7.34. The monoisotopic (exact) mass is 475 g/mol. The smallest absolute Gasteiger partial charge is 0.285 e. The van der Waals surface area contributed by atoms with E-state index in [1.807, 2.05) is 12.1 Å². The summed E-state index contributed by atoms with van der Waals surface area (Å²) in [5.74, 6) is 1.02. The van der Waals surface area contributed by atoms with Crippen LogP contribution in [0.1, 0.15) is 40.7 Å². The summed E-state index contributed by atoms with van der Waals surface area (Å²) in [4.78, 5) is 19.8. The molecule has 8 nitrogen and oxygen atoms in total. The highest BCUT2D eigenvalue weighted by Gasteiger charge is 2.28. The Bertz CT molecular complexity index is 1350. The molecule has 1 amide bonds. The second kappa shape index (κ2) is 9.26. The van der Waals surface area contributed by atoms with Crippen molar-refractivity contribution in [3.05, 3.63) is 83.6 Å². The highest BCUT2D eigenvalue weighted by molar-refractivity contribution is 7.90. The van der Waals surface area contributed by atoms with E-state index in [1.54, 1.807) is 48.7 Å². The fourth-order valence-electron chi connectivity index (χ4n) is 4.27. The molecule has 174 valence electrons. The Morgan fingerprint density at radius 1 is 0.941 bits per heavy atom. The number of sulfonamides is 1. The highest BCUT2D eigenvalue weighted by atomic mass is 32.2. The number of benzene rings is 2. The molecule has 1 fully saturated rings. The molecule has 2 aliphatic heterocycles. The maximum Gasteiger partial charge on any atom is 0.285 e. The van der Waals surface area contributed by atoms with Gasteiger partial charge in [-0.3, -0.25) is 4.79 Å². The summed E-state index contributed by atoms with van der Waals surface area (Å²) in [7, 11) is -3.69. The van der Waals surface area contributed by atoms with E-state index in [4.69, 9.17) is 0 Å². The van der Waals surface area contributed by atoms with Gasteiger partial charge < -0.3 is 15.5 Å². The van der Waals surface area contributed by atoms with Crippen LogP contribution in [0.25, 0.3) is 0 Å². The predicted octanol–water partition coefficient (Wildman–Crippen LogP) is 3.56. The van der Waals surface area contributed by atoms with E-state index < -0.39 is 10.0 Å². The SMILES string of the molecule is O=C(NCc1cccnc1N1CCCCC1)c1ccc(NC2=NS(=O)(=O)c3ccccc32)cc1. The van der Waals surface area contributed by atoms with Gasteiger partial charge in [-0.05, 0) is 61.7 Å². The van der Waals surface area contributed by atoms with Crippen LogP contribution in [0.5, 0.6) is 0 Å². The number of amidine groups is 1. The van der Waals surface area contributed by atoms with Gasteiger partial charge in [-0.2, -0.15) is 8.42 Å². The lowest BCUT2D eigenvalue weighted by Crippen LogP contribution is -2.32. The fourth-order valence-corrected chi connectivity index (χ4v) is 5.45. The third kappa shape index (κ3) is 4.51. The molecule has 1 saturated heterocycles. The molecule has 5 rings (SSSR count). The van der Waals surface area contributed by atoms with Crippen molar-refractivity contribution < 1.29 is 13.2 Å². The number of nitrogens with one attached hydrogen (secondary N) is 2. The summed E-state index contributed by atoms with van der Waals surface area (Å²) in [6.45, 7) is 2.37. The molecule has 2 aromatic carbocycles. The molecule has 2 aliphatic rings. The number of hydrogen-bond acceptors (Lipinski definition) is 6. The Morgan fingerprint density at radius 2 is 1.71 bits per heavy atom. The second-order valence-corrected chi connectivity index (χ2v) is 9.90. The number of amides is 1. The van der Waals surface area contributed by atoms with Gasteiger partial charge in [0.05, 0.1) is 0 Å². The van der Waals surface area contributed by atoms with Gasteiger partial charge in [-0.25, -0.2) is 4.98 Å². The van der Waals surface area contributed by atoms with E-state index in [9.17, 15) is 13.2 Å². The molecule has 9 heteroatoms. The van der Waals surface area contributed by atoms with Crippen LogP contribution in [-0.4, -0.2) is 38.2 Å². The van der Waals surface area contributed by atoms with E-state index in [2.05, 4.69) is 24.9 Å². The first kappa shape index (κ1) is 22.1. The van der Waals surface area contributed by atoms with Crippen LogP contribution in [0.2, 0.25) is 0 Å². The molecule has 3 heterocycles. The number of carbonyl (C=O) groups is 1. The average molecular weight is 476 g/mol. The van der Waals surface area contributed by atoms with Crippen LogP contribution in [0.3, 0.4) is 0 Å². The maximum atomic E-state index is 12.7. The Labute approximate surface area is 198 Å². The number of nitrogens with zero attached hydrogens (tertiary/aromatic N) is 3. The molecule has 0 atom stereocenters. The van der Waals surface area contributed by atoms with Crippen LogP contribution in [0.4, 0.5) is 11.5 Å². The first-order chi connectivity index (χ1) is 16.5. The Balaban J connectivity index is 1.24. The number of carbonyl (C=O) groups excluding carboxylic acids is 1.